The number of nitrogens with zero attached hydrogens (tertiary/aromatic N) is 4. The van der Waals surface area contributed by atoms with Gasteiger partial charge < -0.3 is 20.1 Å². The average Bonchev–Trinajstić information content (AvgIpc) is 3.27. The molecule has 0 aliphatic carbocycles. The third kappa shape index (κ3) is 6.84. The van der Waals surface area contributed by atoms with Crippen molar-refractivity contribution in [2.75, 3.05) is 17.7 Å². The van der Waals surface area contributed by atoms with E-state index in [1.54, 1.807) is 14.0 Å². The van der Waals surface area contributed by atoms with Gasteiger partial charge in [0.15, 0.2) is 21.0 Å². The van der Waals surface area contributed by atoms with E-state index in [9.17, 15) is 36.3 Å². The molecule has 4 aromatic rings. The van der Waals surface area contributed by atoms with Crippen LogP contribution in [-0.4, -0.2) is 57.1 Å². The molecule has 238 valence electrons. The number of fused-ring (bicyclic) bond motifs is 1. The van der Waals surface area contributed by atoms with Crippen LogP contribution in [0.2, 0.25) is 0 Å². The summed E-state index contributed by atoms with van der Waals surface area (Å²) < 4.78 is 74.1. The fraction of sp³-hybridized carbons (Fsp3) is 0.345. The zero-order valence-electron chi connectivity index (χ0n) is 24.6. The minimum Gasteiger partial charge on any atom is -0.493 e. The molecule has 0 bridgehead atoms. The maximum absolute atomic E-state index is 13.5. The van der Waals surface area contributed by atoms with Crippen LogP contribution >= 0.6 is 0 Å². The minimum absolute atomic E-state index is 0.00383. The summed E-state index contributed by atoms with van der Waals surface area (Å²) in [4.78, 5) is 32.8. The number of amides is 1. The van der Waals surface area contributed by atoms with Gasteiger partial charge in [0.05, 0.1) is 45.7 Å². The Bertz CT molecular complexity index is 1990. The number of carbonyl (C=O) groups is 1. The Labute approximate surface area is 255 Å². The van der Waals surface area contributed by atoms with Gasteiger partial charge in [0.25, 0.3) is 11.5 Å². The van der Waals surface area contributed by atoms with Crippen molar-refractivity contribution < 1.29 is 36.2 Å². The molecule has 1 atom stereocenters. The summed E-state index contributed by atoms with van der Waals surface area (Å²) >= 11 is 0. The fourth-order valence-electron chi connectivity index (χ4n) is 4.69. The number of benzene rings is 2. The molecule has 16 heteroatoms. The number of aromatic amines is 1. The van der Waals surface area contributed by atoms with Crippen LogP contribution in [-0.2, 0) is 34.3 Å². The van der Waals surface area contributed by atoms with E-state index < -0.39 is 55.6 Å². The van der Waals surface area contributed by atoms with E-state index in [2.05, 4.69) is 20.4 Å². The lowest BCUT2D eigenvalue weighted by atomic mass is 10.1. The van der Waals surface area contributed by atoms with Crippen LogP contribution in [0.3, 0.4) is 0 Å². The molecular weight excluding hydrogens is 617 g/mol. The molecule has 3 N–H and O–H groups in total. The minimum atomic E-state index is -4.90. The highest BCUT2D eigenvalue weighted by atomic mass is 32.2. The summed E-state index contributed by atoms with van der Waals surface area (Å²) in [7, 11) is -2.84. The Morgan fingerprint density at radius 2 is 1.91 bits per heavy atom. The van der Waals surface area contributed by atoms with Gasteiger partial charge in [-0.2, -0.15) is 23.5 Å². The van der Waals surface area contributed by atoms with Crippen LogP contribution in [0.15, 0.2) is 46.1 Å². The first-order chi connectivity index (χ1) is 21.0. The molecule has 2 aromatic heterocycles. The zero-order chi connectivity index (χ0) is 33.3. The Kier molecular flexibility index (Phi) is 9.08. The standard InChI is InChI=1S/C29H29F3N6O6S/c1-5-7-21-23-24(38(4)37-21)26(39)36-25(35-23)19-13-18(10-11-22(19)44-6-2)45(42,43)15-28(3,41)27(40)34-17-9-8-16(14-33)20(12-17)29(30,31)32/h8-13,41H,5-7,15H2,1-4H3,(H,34,40)(H,35,36,39)/t28-/m0/s1. The number of ether oxygens (including phenoxy) is 1. The summed E-state index contributed by atoms with van der Waals surface area (Å²) in [5.41, 5.74) is -4.26. The Morgan fingerprint density at radius 3 is 2.53 bits per heavy atom. The Balaban J connectivity index is 1.70. The monoisotopic (exact) mass is 646 g/mol. The maximum Gasteiger partial charge on any atom is 0.417 e. The van der Waals surface area contributed by atoms with Gasteiger partial charge in [-0.05, 0) is 56.7 Å². The zero-order valence-corrected chi connectivity index (χ0v) is 25.4. The van der Waals surface area contributed by atoms with Gasteiger partial charge in [0, 0.05) is 12.7 Å². The number of sulfone groups is 1. The van der Waals surface area contributed by atoms with E-state index in [-0.39, 0.29) is 34.2 Å². The van der Waals surface area contributed by atoms with Crippen molar-refractivity contribution in [3.05, 3.63) is 63.6 Å². The van der Waals surface area contributed by atoms with E-state index in [1.807, 2.05) is 6.92 Å². The van der Waals surface area contributed by atoms with Crippen LogP contribution in [0.5, 0.6) is 5.75 Å². The molecule has 45 heavy (non-hydrogen) atoms. The number of nitriles is 1. The van der Waals surface area contributed by atoms with E-state index in [0.717, 1.165) is 25.5 Å². The normalized spacial score (nSPS) is 13.3. The molecule has 0 radical (unpaired) electrons. The molecule has 1 amide bonds. The number of rotatable bonds is 10. The molecule has 0 aliphatic rings. The predicted octanol–water partition coefficient (Wildman–Crippen LogP) is 3.73. The van der Waals surface area contributed by atoms with Crippen molar-refractivity contribution in [2.45, 2.75) is 50.3 Å². The average molecular weight is 647 g/mol. The molecule has 0 unspecified atom stereocenters. The number of carbonyl (C=O) groups excluding carboxylic acids is 1. The number of aryl methyl sites for hydroxylation is 2. The summed E-state index contributed by atoms with van der Waals surface area (Å²) in [6, 6.07) is 7.51. The molecule has 2 heterocycles. The smallest absolute Gasteiger partial charge is 0.417 e. The van der Waals surface area contributed by atoms with E-state index in [0.29, 0.717) is 23.7 Å². The molecule has 0 spiro atoms. The number of aliphatic hydroxyl groups is 1. The first-order valence-corrected chi connectivity index (χ1v) is 15.3. The topological polar surface area (TPSA) is 180 Å². The number of H-pyrrole nitrogens is 1. The second-order valence-corrected chi connectivity index (χ2v) is 12.4. The highest BCUT2D eigenvalue weighted by Crippen LogP contribution is 2.35. The van der Waals surface area contributed by atoms with Crippen LogP contribution in [0.4, 0.5) is 18.9 Å². The van der Waals surface area contributed by atoms with E-state index in [1.165, 1.54) is 29.0 Å². The molecule has 0 saturated heterocycles. The molecule has 0 aliphatic heterocycles. The van der Waals surface area contributed by atoms with Crippen molar-refractivity contribution in [2.24, 2.45) is 7.05 Å². The summed E-state index contributed by atoms with van der Waals surface area (Å²) in [5.74, 6) is -2.25. The quantitative estimate of drug-likeness (QED) is 0.231. The van der Waals surface area contributed by atoms with Crippen LogP contribution in [0, 0.1) is 11.3 Å². The lowest BCUT2D eigenvalue weighted by Crippen LogP contribution is -2.45. The summed E-state index contributed by atoms with van der Waals surface area (Å²) in [5, 5.41) is 26.3. The number of anilines is 1. The van der Waals surface area contributed by atoms with Gasteiger partial charge in [0.1, 0.15) is 17.1 Å². The SMILES string of the molecule is CCCc1nn(C)c2c(=O)[nH]c(-c3cc(S(=O)(=O)C[C@](C)(O)C(=O)Nc4ccc(C#N)c(C(F)(F)F)c4)ccc3OCC)nc12. The molecule has 2 aromatic carbocycles. The van der Waals surface area contributed by atoms with Crippen molar-refractivity contribution in [3.63, 3.8) is 0 Å². The first-order valence-electron chi connectivity index (χ1n) is 13.6. The lowest BCUT2D eigenvalue weighted by Gasteiger charge is -2.23. The number of halogens is 3. The van der Waals surface area contributed by atoms with Gasteiger partial charge in [-0.25, -0.2) is 13.4 Å². The largest absolute Gasteiger partial charge is 0.493 e. The van der Waals surface area contributed by atoms with Gasteiger partial charge in [-0.3, -0.25) is 14.3 Å². The molecular formula is C29H29F3N6O6S. The molecule has 0 saturated carbocycles. The first kappa shape index (κ1) is 33.1. The molecule has 0 fully saturated rings. The van der Waals surface area contributed by atoms with Crippen LogP contribution in [0.25, 0.3) is 22.4 Å². The second kappa shape index (κ2) is 12.3. The van der Waals surface area contributed by atoms with E-state index >= 15 is 0 Å². The number of aromatic nitrogens is 4. The second-order valence-electron chi connectivity index (χ2n) is 10.4. The highest BCUT2D eigenvalue weighted by Gasteiger charge is 2.38. The third-order valence-electron chi connectivity index (χ3n) is 6.78. The van der Waals surface area contributed by atoms with Gasteiger partial charge in [0.2, 0.25) is 0 Å². The maximum atomic E-state index is 13.5. The third-order valence-corrected chi connectivity index (χ3v) is 8.69. The number of alkyl halides is 3. The fourth-order valence-corrected chi connectivity index (χ4v) is 6.30. The predicted molar refractivity (Wildman–Crippen MR) is 157 cm³/mol. The van der Waals surface area contributed by atoms with Crippen molar-refractivity contribution in [3.8, 4) is 23.2 Å². The van der Waals surface area contributed by atoms with E-state index in [4.69, 9.17) is 10.00 Å². The van der Waals surface area contributed by atoms with Gasteiger partial charge in [-0.1, -0.05) is 13.3 Å². The lowest BCUT2D eigenvalue weighted by molar-refractivity contribution is -0.137. The number of hydrogen-bond acceptors (Lipinski definition) is 9. The van der Waals surface area contributed by atoms with Crippen LogP contribution in [0.1, 0.15) is 44.0 Å². The Hall–Kier alpha value is -4.75. The summed E-state index contributed by atoms with van der Waals surface area (Å²) in [6.07, 6.45) is -3.63. The Morgan fingerprint density at radius 1 is 1.20 bits per heavy atom. The number of nitrogens with one attached hydrogen (secondary N) is 2. The highest BCUT2D eigenvalue weighted by molar-refractivity contribution is 7.91. The number of hydrogen-bond donors (Lipinski definition) is 3. The summed E-state index contributed by atoms with van der Waals surface area (Å²) in [6.45, 7) is 4.74. The van der Waals surface area contributed by atoms with Crippen molar-refractivity contribution >= 4 is 32.5 Å². The van der Waals surface area contributed by atoms with Crippen molar-refractivity contribution in [1.82, 2.24) is 19.7 Å². The van der Waals surface area contributed by atoms with Crippen LogP contribution < -0.4 is 15.6 Å². The molecule has 4 rings (SSSR count). The van der Waals surface area contributed by atoms with Gasteiger partial charge >= 0.3 is 6.18 Å². The van der Waals surface area contributed by atoms with Gasteiger partial charge in [-0.15, -0.1) is 0 Å². The molecule has 12 nitrogen and oxygen atoms in total. The van der Waals surface area contributed by atoms with Crippen molar-refractivity contribution in [1.29, 1.82) is 5.26 Å².